The van der Waals surface area contributed by atoms with E-state index in [1.807, 2.05) is 17.5 Å². The molecule has 0 fully saturated rings. The number of rotatable bonds is 8. The Bertz CT molecular complexity index is 860. The highest BCUT2D eigenvalue weighted by Gasteiger charge is 2.25. The minimum absolute atomic E-state index is 0.115. The van der Waals surface area contributed by atoms with Crippen LogP contribution in [-0.2, 0) is 10.0 Å². The highest BCUT2D eigenvalue weighted by atomic mass is 32.2. The second kappa shape index (κ2) is 8.19. The molecule has 0 aliphatic carbocycles. The Hall–Kier alpha value is -2.30. The first kappa shape index (κ1) is 19.0. The van der Waals surface area contributed by atoms with Crippen LogP contribution in [0.4, 0.5) is 11.4 Å². The Morgan fingerprint density at radius 1 is 1.32 bits per heavy atom. The summed E-state index contributed by atoms with van der Waals surface area (Å²) in [6, 6.07) is 7.45. The zero-order chi connectivity index (χ0) is 18.4. The number of nitro benzene ring substituents is 1. The first-order valence-electron chi connectivity index (χ1n) is 7.51. The molecule has 0 unspecified atom stereocenters. The molecule has 0 aliphatic rings. The fraction of sp³-hybridized carbons (Fsp3) is 0.267. The summed E-state index contributed by atoms with van der Waals surface area (Å²) in [4.78, 5) is 11.4. The molecule has 2 rings (SSSR count). The number of nitro groups is 1. The fourth-order valence-corrected chi connectivity index (χ4v) is 4.22. The van der Waals surface area contributed by atoms with Gasteiger partial charge < -0.3 is 0 Å². The van der Waals surface area contributed by atoms with Crippen molar-refractivity contribution in [1.29, 1.82) is 0 Å². The lowest BCUT2D eigenvalue weighted by Gasteiger charge is -2.18. The molecule has 0 saturated heterocycles. The summed E-state index contributed by atoms with van der Waals surface area (Å²) >= 11 is 1.47. The summed E-state index contributed by atoms with van der Waals surface area (Å²) in [5, 5.41) is 17.2. The van der Waals surface area contributed by atoms with E-state index in [4.69, 9.17) is 0 Å². The number of nitrogens with one attached hydrogen (secondary N) is 1. The fourth-order valence-electron chi connectivity index (χ4n) is 2.16. The van der Waals surface area contributed by atoms with E-state index >= 15 is 0 Å². The third-order valence-electron chi connectivity index (χ3n) is 3.43. The Morgan fingerprint density at radius 3 is 2.60 bits per heavy atom. The van der Waals surface area contributed by atoms with Crippen molar-refractivity contribution >= 4 is 38.9 Å². The molecule has 0 spiro atoms. The molecule has 0 bridgehead atoms. The Kier molecular flexibility index (Phi) is 6.23. The van der Waals surface area contributed by atoms with Crippen LogP contribution in [0.15, 0.2) is 45.7 Å². The van der Waals surface area contributed by atoms with Crippen LogP contribution < -0.4 is 5.43 Å². The number of hydrazone groups is 1. The van der Waals surface area contributed by atoms with E-state index in [1.54, 1.807) is 13.8 Å². The van der Waals surface area contributed by atoms with Crippen LogP contribution >= 0.6 is 11.3 Å². The summed E-state index contributed by atoms with van der Waals surface area (Å²) in [6.45, 7) is 4.00. The molecule has 25 heavy (non-hydrogen) atoms. The van der Waals surface area contributed by atoms with Gasteiger partial charge in [0.25, 0.3) is 5.69 Å². The van der Waals surface area contributed by atoms with Crippen molar-refractivity contribution in [3.05, 3.63) is 50.7 Å². The van der Waals surface area contributed by atoms with Crippen molar-refractivity contribution in [2.24, 2.45) is 5.10 Å². The lowest BCUT2D eigenvalue weighted by atomic mass is 10.3. The minimum atomic E-state index is -3.77. The third-order valence-corrected chi connectivity index (χ3v) is 6.28. The maximum atomic E-state index is 12.5. The number of nitrogens with zero attached hydrogens (tertiary/aromatic N) is 3. The molecule has 0 saturated carbocycles. The number of thiophene rings is 1. The maximum absolute atomic E-state index is 12.5. The number of anilines is 1. The van der Waals surface area contributed by atoms with Gasteiger partial charge in [-0.2, -0.15) is 9.41 Å². The van der Waals surface area contributed by atoms with Gasteiger partial charge in [-0.25, -0.2) is 8.42 Å². The molecule has 1 heterocycles. The monoisotopic (exact) mass is 382 g/mol. The van der Waals surface area contributed by atoms with Crippen LogP contribution in [0.2, 0.25) is 0 Å². The van der Waals surface area contributed by atoms with E-state index in [9.17, 15) is 18.5 Å². The molecule has 1 aromatic heterocycles. The van der Waals surface area contributed by atoms with Crippen molar-refractivity contribution in [2.75, 3.05) is 18.5 Å². The van der Waals surface area contributed by atoms with E-state index in [0.29, 0.717) is 0 Å². The van der Waals surface area contributed by atoms with E-state index in [2.05, 4.69) is 10.5 Å². The van der Waals surface area contributed by atoms with Crippen LogP contribution in [0.3, 0.4) is 0 Å². The Labute approximate surface area is 150 Å². The van der Waals surface area contributed by atoms with Crippen LogP contribution in [0.1, 0.15) is 18.7 Å². The molecule has 1 N–H and O–H groups in total. The summed E-state index contributed by atoms with van der Waals surface area (Å²) in [5.74, 6) is 0. The van der Waals surface area contributed by atoms with E-state index in [1.165, 1.54) is 34.0 Å². The van der Waals surface area contributed by atoms with Gasteiger partial charge in [-0.1, -0.05) is 19.9 Å². The van der Waals surface area contributed by atoms with Crippen molar-refractivity contribution in [3.8, 4) is 0 Å². The Balaban J connectivity index is 2.33. The molecule has 0 atom stereocenters. The quantitative estimate of drug-likeness (QED) is 0.429. The number of benzene rings is 1. The molecule has 8 nitrogen and oxygen atoms in total. The smallest absolute Gasteiger partial charge is 0.272 e. The van der Waals surface area contributed by atoms with Crippen LogP contribution in [0.5, 0.6) is 0 Å². The molecule has 0 aliphatic heterocycles. The molecular weight excluding hydrogens is 364 g/mol. The highest BCUT2D eigenvalue weighted by Crippen LogP contribution is 2.29. The summed E-state index contributed by atoms with van der Waals surface area (Å²) in [7, 11) is -3.77. The predicted octanol–water partition coefficient (Wildman–Crippen LogP) is 3.13. The van der Waals surface area contributed by atoms with Gasteiger partial charge in [-0.15, -0.1) is 11.3 Å². The topological polar surface area (TPSA) is 105 Å². The zero-order valence-electron chi connectivity index (χ0n) is 13.7. The van der Waals surface area contributed by atoms with E-state index in [0.717, 1.165) is 10.9 Å². The zero-order valence-corrected chi connectivity index (χ0v) is 15.4. The van der Waals surface area contributed by atoms with Crippen molar-refractivity contribution in [3.63, 3.8) is 0 Å². The van der Waals surface area contributed by atoms with Gasteiger partial charge in [0.1, 0.15) is 5.69 Å². The average molecular weight is 382 g/mol. The van der Waals surface area contributed by atoms with Crippen LogP contribution in [0.25, 0.3) is 0 Å². The van der Waals surface area contributed by atoms with Gasteiger partial charge in [0, 0.05) is 24.0 Å². The molecular formula is C15H18N4O4S2. The minimum Gasteiger partial charge on any atom is -0.272 e. The molecule has 10 heteroatoms. The summed E-state index contributed by atoms with van der Waals surface area (Å²) < 4.78 is 26.3. The van der Waals surface area contributed by atoms with Crippen LogP contribution in [-0.4, -0.2) is 37.0 Å². The van der Waals surface area contributed by atoms with Crippen molar-refractivity contribution in [1.82, 2.24) is 4.31 Å². The normalized spacial score (nSPS) is 12.0. The predicted molar refractivity (Wildman–Crippen MR) is 98.7 cm³/mol. The van der Waals surface area contributed by atoms with Gasteiger partial charge >= 0.3 is 0 Å². The highest BCUT2D eigenvalue weighted by molar-refractivity contribution is 7.89. The molecule has 134 valence electrons. The first-order valence-corrected chi connectivity index (χ1v) is 9.83. The van der Waals surface area contributed by atoms with Gasteiger partial charge in [0.05, 0.1) is 16.0 Å². The number of hydrogen-bond acceptors (Lipinski definition) is 7. The maximum Gasteiger partial charge on any atom is 0.295 e. The van der Waals surface area contributed by atoms with Gasteiger partial charge in [0.15, 0.2) is 0 Å². The molecule has 0 radical (unpaired) electrons. The number of sulfonamides is 1. The van der Waals surface area contributed by atoms with E-state index < -0.39 is 14.9 Å². The average Bonchev–Trinajstić information content (AvgIpc) is 3.09. The molecule has 2 aromatic rings. The largest absolute Gasteiger partial charge is 0.295 e. The van der Waals surface area contributed by atoms with Gasteiger partial charge in [-0.3, -0.25) is 15.5 Å². The molecule has 1 aromatic carbocycles. The van der Waals surface area contributed by atoms with E-state index in [-0.39, 0.29) is 29.4 Å². The molecule has 0 amide bonds. The lowest BCUT2D eigenvalue weighted by Crippen LogP contribution is -2.30. The summed E-state index contributed by atoms with van der Waals surface area (Å²) in [5.41, 5.74) is 2.37. The summed E-state index contributed by atoms with van der Waals surface area (Å²) in [6.07, 6.45) is 1.54. The van der Waals surface area contributed by atoms with Gasteiger partial charge in [-0.05, 0) is 23.6 Å². The second-order valence-electron chi connectivity index (χ2n) is 4.91. The van der Waals surface area contributed by atoms with Crippen LogP contribution in [0, 0.1) is 10.1 Å². The SMILES string of the molecule is CCN(CC)S(=O)(=O)c1ccc(N/N=C\c2cccs2)c([N+](=O)[O-])c1. The standard InChI is InChI=1S/C15H18N4O4S2/c1-3-18(4-2)25(22,23)13-7-8-14(15(10-13)19(20)21)17-16-11-12-6-5-9-24-12/h5-11,17H,3-4H2,1-2H3/b16-11-. The van der Waals surface area contributed by atoms with Crippen molar-refractivity contribution < 1.29 is 13.3 Å². The third kappa shape index (κ3) is 4.41. The second-order valence-corrected chi connectivity index (χ2v) is 7.83. The van der Waals surface area contributed by atoms with Crippen molar-refractivity contribution in [2.45, 2.75) is 18.7 Å². The Morgan fingerprint density at radius 2 is 2.04 bits per heavy atom. The number of hydrogen-bond donors (Lipinski definition) is 1. The van der Waals surface area contributed by atoms with Gasteiger partial charge in [0.2, 0.25) is 10.0 Å². The first-order chi connectivity index (χ1) is 11.9. The lowest BCUT2D eigenvalue weighted by molar-refractivity contribution is -0.384.